The Morgan fingerprint density at radius 3 is 2.50 bits per heavy atom. The highest BCUT2D eigenvalue weighted by molar-refractivity contribution is 5.90. The first-order valence-corrected chi connectivity index (χ1v) is 11.2. The molecule has 2 amide bonds. The number of likely N-dealkylation sites (tertiary alicyclic amines) is 1. The molecule has 0 aliphatic carbocycles. The topological polar surface area (TPSA) is 71.4 Å². The Morgan fingerprint density at radius 2 is 1.82 bits per heavy atom. The molecule has 34 heavy (non-hydrogen) atoms. The van der Waals surface area contributed by atoms with E-state index in [1.807, 2.05) is 44.2 Å². The number of benzene rings is 2. The van der Waals surface area contributed by atoms with E-state index in [1.165, 1.54) is 12.1 Å². The van der Waals surface area contributed by atoms with Crippen molar-refractivity contribution in [3.8, 4) is 5.69 Å². The maximum absolute atomic E-state index is 13.9. The quantitative estimate of drug-likeness (QED) is 0.549. The summed E-state index contributed by atoms with van der Waals surface area (Å²) in [6, 6.07) is 12.3. The number of nitrogens with zero attached hydrogens (tertiary/aromatic N) is 3. The van der Waals surface area contributed by atoms with Gasteiger partial charge in [0.05, 0.1) is 24.0 Å². The maximum atomic E-state index is 13.9. The molecule has 1 saturated heterocycles. The van der Waals surface area contributed by atoms with Crippen LogP contribution >= 0.6 is 0 Å². The summed E-state index contributed by atoms with van der Waals surface area (Å²) >= 11 is 0. The Hall–Kier alpha value is -3.30. The van der Waals surface area contributed by atoms with Gasteiger partial charge in [-0.05, 0) is 43.7 Å². The smallest absolute Gasteiger partial charge is 0.320 e. The molecule has 9 heteroatoms. The highest BCUT2D eigenvalue weighted by Gasteiger charge is 2.35. The zero-order valence-electron chi connectivity index (χ0n) is 19.5. The molecule has 0 bridgehead atoms. The van der Waals surface area contributed by atoms with Gasteiger partial charge in [0.15, 0.2) is 0 Å². The first kappa shape index (κ1) is 23.8. The van der Waals surface area contributed by atoms with Gasteiger partial charge in [0.1, 0.15) is 17.5 Å². The molecule has 0 spiro atoms. The predicted molar refractivity (Wildman–Crippen MR) is 126 cm³/mol. The molecule has 1 aliphatic rings. The summed E-state index contributed by atoms with van der Waals surface area (Å²) < 4.78 is 34.7. The number of ether oxygens (including phenoxy) is 1. The molecule has 1 fully saturated rings. The molecule has 2 N–H and O–H groups in total. The highest BCUT2D eigenvalue weighted by Crippen LogP contribution is 2.29. The Bertz CT molecular complexity index is 1130. The van der Waals surface area contributed by atoms with Crippen LogP contribution < -0.4 is 10.6 Å². The summed E-state index contributed by atoms with van der Waals surface area (Å²) in [6.07, 6.45) is 0. The number of hydrogen-bond donors (Lipinski definition) is 2. The number of urea groups is 1. The number of para-hydroxylation sites is 1. The lowest BCUT2D eigenvalue weighted by Gasteiger charge is -2.21. The third-order valence-corrected chi connectivity index (χ3v) is 6.23. The van der Waals surface area contributed by atoms with Gasteiger partial charge in [-0.3, -0.25) is 10.2 Å². The normalized spacial score (nSPS) is 18.3. The van der Waals surface area contributed by atoms with Crippen LogP contribution in [0.5, 0.6) is 0 Å². The third-order valence-electron chi connectivity index (χ3n) is 6.23. The van der Waals surface area contributed by atoms with Gasteiger partial charge >= 0.3 is 6.03 Å². The van der Waals surface area contributed by atoms with Crippen LogP contribution in [-0.2, 0) is 4.74 Å². The Labute approximate surface area is 197 Å². The van der Waals surface area contributed by atoms with Crippen molar-refractivity contribution in [3.63, 3.8) is 0 Å². The summed E-state index contributed by atoms with van der Waals surface area (Å²) in [6.45, 7) is 6.06. The number of carbonyl (C=O) groups excluding carboxylic acids is 1. The molecule has 0 saturated carbocycles. The van der Waals surface area contributed by atoms with Crippen molar-refractivity contribution >= 4 is 11.8 Å². The first-order valence-electron chi connectivity index (χ1n) is 11.2. The van der Waals surface area contributed by atoms with E-state index in [0.29, 0.717) is 37.6 Å². The second kappa shape index (κ2) is 10.3. The maximum Gasteiger partial charge on any atom is 0.320 e. The van der Waals surface area contributed by atoms with E-state index in [1.54, 1.807) is 11.8 Å². The second-order valence-electron chi connectivity index (χ2n) is 8.57. The summed E-state index contributed by atoms with van der Waals surface area (Å²) in [7, 11) is 1.62. The highest BCUT2D eigenvalue weighted by atomic mass is 19.1. The molecule has 2 atom stereocenters. The van der Waals surface area contributed by atoms with Crippen molar-refractivity contribution in [1.82, 2.24) is 20.0 Å². The van der Waals surface area contributed by atoms with Gasteiger partial charge in [0.2, 0.25) is 0 Å². The van der Waals surface area contributed by atoms with Crippen molar-refractivity contribution in [2.24, 2.45) is 0 Å². The first-order chi connectivity index (χ1) is 16.4. The van der Waals surface area contributed by atoms with E-state index in [2.05, 4.69) is 20.6 Å². The van der Waals surface area contributed by atoms with Gasteiger partial charge in [-0.2, -0.15) is 5.10 Å². The lowest BCUT2D eigenvalue weighted by atomic mass is 9.94. The number of methoxy groups -OCH3 is 1. The lowest BCUT2D eigenvalue weighted by Crippen LogP contribution is -2.42. The molecule has 7 nitrogen and oxygen atoms in total. The van der Waals surface area contributed by atoms with Gasteiger partial charge in [0, 0.05) is 44.3 Å². The number of rotatable bonds is 7. The van der Waals surface area contributed by atoms with E-state index in [9.17, 15) is 13.6 Å². The second-order valence-corrected chi connectivity index (χ2v) is 8.57. The van der Waals surface area contributed by atoms with E-state index >= 15 is 0 Å². The molecular weight excluding hydrogens is 440 g/mol. The Kier molecular flexibility index (Phi) is 7.23. The largest absolute Gasteiger partial charge is 0.383 e. The monoisotopic (exact) mass is 469 g/mol. The van der Waals surface area contributed by atoms with Gasteiger partial charge in [-0.15, -0.1) is 0 Å². The molecular formula is C25H29F2N5O2. The van der Waals surface area contributed by atoms with Gasteiger partial charge in [-0.1, -0.05) is 18.2 Å². The summed E-state index contributed by atoms with van der Waals surface area (Å²) in [5.74, 6) is -0.962. The van der Waals surface area contributed by atoms with Crippen LogP contribution in [0, 0.1) is 25.5 Å². The Balaban J connectivity index is 1.55. The molecule has 3 aromatic rings. The van der Waals surface area contributed by atoms with Gasteiger partial charge < -0.3 is 10.1 Å². The summed E-state index contributed by atoms with van der Waals surface area (Å²) in [5, 5.41) is 10.5. The number of nitrogens with one attached hydrogen (secondary N) is 2. The standard InChI is InChI=1S/C25H29F2N5O2/c1-16-17(2)30-32(21-7-5-4-6-8-21)24(16)29-25(33)28-23-15-31(9-10-34-3)14-22(23)18-11-19(26)13-20(27)12-18/h4-8,11-13,22-23H,9-10,14-15H2,1-3H3,(H2,28,29,33)/t22-,23+/m0/s1. The van der Waals surface area contributed by atoms with E-state index < -0.39 is 17.7 Å². The Morgan fingerprint density at radius 1 is 1.12 bits per heavy atom. The van der Waals surface area contributed by atoms with Crippen molar-refractivity contribution in [2.75, 3.05) is 38.7 Å². The average Bonchev–Trinajstić information content (AvgIpc) is 3.33. The zero-order chi connectivity index (χ0) is 24.2. The van der Waals surface area contributed by atoms with Crippen molar-refractivity contribution in [2.45, 2.75) is 25.8 Å². The van der Waals surface area contributed by atoms with Crippen LogP contribution in [0.3, 0.4) is 0 Å². The van der Waals surface area contributed by atoms with Crippen LogP contribution in [0.2, 0.25) is 0 Å². The minimum absolute atomic E-state index is 0.269. The fraction of sp³-hybridized carbons (Fsp3) is 0.360. The molecule has 1 aromatic heterocycles. The zero-order valence-corrected chi connectivity index (χ0v) is 19.5. The van der Waals surface area contributed by atoms with E-state index in [-0.39, 0.29) is 12.0 Å². The van der Waals surface area contributed by atoms with E-state index in [0.717, 1.165) is 23.0 Å². The number of aryl methyl sites for hydroxylation is 1. The van der Waals surface area contributed by atoms with Crippen molar-refractivity contribution in [1.29, 1.82) is 0 Å². The summed E-state index contributed by atoms with van der Waals surface area (Å²) in [4.78, 5) is 15.2. The summed E-state index contributed by atoms with van der Waals surface area (Å²) in [5.41, 5.74) is 3.01. The number of aromatic nitrogens is 2. The third kappa shape index (κ3) is 5.26. The SMILES string of the molecule is COCCN1C[C@@H](NC(=O)Nc2c(C)c(C)nn2-c2ccccc2)[C@H](c2cc(F)cc(F)c2)C1. The lowest BCUT2D eigenvalue weighted by molar-refractivity contribution is 0.159. The molecule has 0 unspecified atom stereocenters. The van der Waals surface area contributed by atoms with Crippen LogP contribution in [0.15, 0.2) is 48.5 Å². The number of amides is 2. The molecule has 2 aromatic carbocycles. The number of hydrogen-bond acceptors (Lipinski definition) is 4. The van der Waals surface area contributed by atoms with Crippen LogP contribution in [-0.4, -0.2) is 60.1 Å². The number of halogens is 2. The van der Waals surface area contributed by atoms with Gasteiger partial charge in [-0.25, -0.2) is 18.3 Å². The fourth-order valence-corrected chi connectivity index (χ4v) is 4.38. The van der Waals surface area contributed by atoms with Crippen molar-refractivity contribution < 1.29 is 18.3 Å². The minimum atomic E-state index is -0.633. The average molecular weight is 470 g/mol. The molecule has 2 heterocycles. The molecule has 4 rings (SSSR count). The van der Waals surface area contributed by atoms with E-state index in [4.69, 9.17) is 4.74 Å². The van der Waals surface area contributed by atoms with Crippen LogP contribution in [0.1, 0.15) is 22.7 Å². The van der Waals surface area contributed by atoms with Crippen molar-refractivity contribution in [3.05, 3.63) is 77.0 Å². The molecule has 1 aliphatic heterocycles. The fourth-order valence-electron chi connectivity index (χ4n) is 4.38. The molecule has 180 valence electrons. The van der Waals surface area contributed by atoms with Crippen LogP contribution in [0.4, 0.5) is 19.4 Å². The van der Waals surface area contributed by atoms with Gasteiger partial charge in [0.25, 0.3) is 0 Å². The minimum Gasteiger partial charge on any atom is -0.383 e. The number of carbonyl (C=O) groups is 1. The number of anilines is 1. The predicted octanol–water partition coefficient (Wildman–Crippen LogP) is 4.00. The van der Waals surface area contributed by atoms with Crippen LogP contribution in [0.25, 0.3) is 5.69 Å². The molecule has 0 radical (unpaired) electrons.